The van der Waals surface area contributed by atoms with Crippen LogP contribution in [0.15, 0.2) is 71.6 Å². The maximum atomic E-state index is 12.4. The number of hydrogen-bond acceptors (Lipinski definition) is 5. The largest absolute Gasteiger partial charge is 0.337 e. The summed E-state index contributed by atoms with van der Waals surface area (Å²) in [6.45, 7) is 4.78. The number of rotatable bonds is 8. The molecule has 1 aromatic heterocycles. The van der Waals surface area contributed by atoms with Crippen molar-refractivity contribution in [3.8, 4) is 5.69 Å². The Labute approximate surface area is 205 Å². The summed E-state index contributed by atoms with van der Waals surface area (Å²) in [4.78, 5) is 16.9. The van der Waals surface area contributed by atoms with Gasteiger partial charge in [0.1, 0.15) is 5.82 Å². The van der Waals surface area contributed by atoms with E-state index in [2.05, 4.69) is 29.8 Å². The fraction of sp³-hybridized carbons (Fsp3) is 0.231. The minimum atomic E-state index is -3.95. The highest BCUT2D eigenvalue weighted by atomic mass is 32.2. The lowest BCUT2D eigenvalue weighted by Gasteiger charge is -2.11. The van der Waals surface area contributed by atoms with Crippen molar-refractivity contribution >= 4 is 27.1 Å². The molecule has 0 bridgehead atoms. The summed E-state index contributed by atoms with van der Waals surface area (Å²) >= 11 is 0. The maximum Gasteiger partial charge on any atom is 0.328 e. The van der Waals surface area contributed by atoms with Crippen LogP contribution < -0.4 is 15.8 Å². The first kappa shape index (κ1) is 24.4. The number of benzene rings is 3. The number of nitrogens with one attached hydrogen (secondary N) is 2. The van der Waals surface area contributed by atoms with Gasteiger partial charge in [-0.2, -0.15) is 0 Å². The lowest BCUT2D eigenvalue weighted by molar-refractivity contribution is 0.246. The summed E-state index contributed by atoms with van der Waals surface area (Å²) in [6, 6.07) is 19.5. The van der Waals surface area contributed by atoms with Crippen LogP contribution in [0.2, 0.25) is 0 Å². The Balaban J connectivity index is 1.38. The van der Waals surface area contributed by atoms with E-state index in [1.165, 1.54) is 17.7 Å². The average molecular weight is 492 g/mol. The van der Waals surface area contributed by atoms with E-state index in [-0.39, 0.29) is 4.90 Å². The number of amides is 2. The van der Waals surface area contributed by atoms with Gasteiger partial charge in [0.2, 0.25) is 0 Å². The molecule has 4 rings (SSSR count). The van der Waals surface area contributed by atoms with Gasteiger partial charge in [-0.15, -0.1) is 0 Å². The summed E-state index contributed by atoms with van der Waals surface area (Å²) in [5.74, 6) is 0.999. The van der Waals surface area contributed by atoms with E-state index < -0.39 is 16.1 Å². The van der Waals surface area contributed by atoms with Crippen LogP contribution in [0.1, 0.15) is 29.4 Å². The van der Waals surface area contributed by atoms with Crippen molar-refractivity contribution < 1.29 is 13.2 Å². The molecular formula is C26H29N5O3S. The predicted molar refractivity (Wildman–Crippen MR) is 137 cm³/mol. The van der Waals surface area contributed by atoms with Crippen LogP contribution in [0.4, 0.5) is 4.79 Å². The third-order valence-corrected chi connectivity index (χ3v) is 7.20. The molecule has 2 amide bonds. The molecule has 0 radical (unpaired) electrons. The predicted octanol–water partition coefficient (Wildman–Crippen LogP) is 3.59. The highest BCUT2D eigenvalue weighted by Gasteiger charge is 2.17. The van der Waals surface area contributed by atoms with Crippen molar-refractivity contribution in [3.63, 3.8) is 0 Å². The summed E-state index contributed by atoms with van der Waals surface area (Å²) < 4.78 is 29.0. The fourth-order valence-corrected chi connectivity index (χ4v) is 4.94. The Morgan fingerprint density at radius 1 is 1.00 bits per heavy atom. The fourth-order valence-electron chi connectivity index (χ4n) is 4.01. The van der Waals surface area contributed by atoms with Gasteiger partial charge in [0.05, 0.1) is 15.9 Å². The Morgan fingerprint density at radius 3 is 2.34 bits per heavy atom. The zero-order valence-electron chi connectivity index (χ0n) is 19.8. The SMILES string of the molecule is CCc1nc2cccc(C)c2n1-c1ccc(CCNC(=O)NS(=O)(=O)c2ccc(CN)cc2)cc1. The highest BCUT2D eigenvalue weighted by Crippen LogP contribution is 2.25. The number of carbonyl (C=O) groups excluding carboxylic acids is 1. The number of nitrogens with zero attached hydrogens (tertiary/aromatic N) is 2. The molecule has 3 aromatic carbocycles. The lowest BCUT2D eigenvalue weighted by Crippen LogP contribution is -2.40. The van der Waals surface area contributed by atoms with Crippen LogP contribution >= 0.6 is 0 Å². The van der Waals surface area contributed by atoms with Crippen molar-refractivity contribution in [1.82, 2.24) is 19.6 Å². The van der Waals surface area contributed by atoms with E-state index in [1.54, 1.807) is 12.1 Å². The number of nitrogens with two attached hydrogens (primary N) is 1. The third kappa shape index (κ3) is 5.36. The first-order valence-corrected chi connectivity index (χ1v) is 13.0. The monoisotopic (exact) mass is 491 g/mol. The van der Waals surface area contributed by atoms with Gasteiger partial charge in [0.15, 0.2) is 0 Å². The van der Waals surface area contributed by atoms with E-state index in [9.17, 15) is 13.2 Å². The zero-order chi connectivity index (χ0) is 25.0. The van der Waals surface area contributed by atoms with Gasteiger partial charge in [-0.05, 0) is 60.4 Å². The molecule has 4 aromatic rings. The van der Waals surface area contributed by atoms with Crippen LogP contribution in [0, 0.1) is 6.92 Å². The second-order valence-electron chi connectivity index (χ2n) is 8.29. The molecule has 0 unspecified atom stereocenters. The Hall–Kier alpha value is -3.69. The molecule has 0 fully saturated rings. The molecule has 0 atom stereocenters. The highest BCUT2D eigenvalue weighted by molar-refractivity contribution is 7.90. The number of imidazole rings is 1. The van der Waals surface area contributed by atoms with Gasteiger partial charge in [-0.1, -0.05) is 43.3 Å². The summed E-state index contributed by atoms with van der Waals surface area (Å²) in [5.41, 5.74) is 11.6. The van der Waals surface area contributed by atoms with E-state index >= 15 is 0 Å². The van der Waals surface area contributed by atoms with E-state index in [4.69, 9.17) is 10.7 Å². The van der Waals surface area contributed by atoms with Gasteiger partial charge in [0, 0.05) is 25.2 Å². The topological polar surface area (TPSA) is 119 Å². The molecule has 0 aliphatic rings. The molecule has 0 spiro atoms. The van der Waals surface area contributed by atoms with Gasteiger partial charge >= 0.3 is 6.03 Å². The Kier molecular flexibility index (Phi) is 7.18. The summed E-state index contributed by atoms with van der Waals surface area (Å²) in [5, 5.41) is 2.61. The van der Waals surface area contributed by atoms with Gasteiger partial charge in [0.25, 0.3) is 10.0 Å². The number of aryl methyl sites for hydroxylation is 2. The minimum Gasteiger partial charge on any atom is -0.337 e. The number of sulfonamides is 1. The van der Waals surface area contributed by atoms with Crippen molar-refractivity contribution in [3.05, 3.63) is 89.2 Å². The molecule has 35 heavy (non-hydrogen) atoms. The van der Waals surface area contributed by atoms with E-state index in [0.29, 0.717) is 19.5 Å². The molecule has 182 valence electrons. The van der Waals surface area contributed by atoms with E-state index in [1.807, 2.05) is 41.1 Å². The van der Waals surface area contributed by atoms with Crippen molar-refractivity contribution in [1.29, 1.82) is 0 Å². The minimum absolute atomic E-state index is 0.00847. The molecule has 0 aliphatic heterocycles. The molecule has 8 nitrogen and oxygen atoms in total. The first-order valence-electron chi connectivity index (χ1n) is 11.5. The van der Waals surface area contributed by atoms with Crippen LogP contribution in [-0.4, -0.2) is 30.5 Å². The number of urea groups is 1. The lowest BCUT2D eigenvalue weighted by atomic mass is 10.1. The van der Waals surface area contributed by atoms with Crippen molar-refractivity contribution in [2.24, 2.45) is 5.73 Å². The number of fused-ring (bicyclic) bond motifs is 1. The second-order valence-corrected chi connectivity index (χ2v) is 9.97. The van der Waals surface area contributed by atoms with E-state index in [0.717, 1.165) is 40.1 Å². The quantitative estimate of drug-likeness (QED) is 0.348. The van der Waals surface area contributed by atoms with Crippen LogP contribution in [0.25, 0.3) is 16.7 Å². The first-order chi connectivity index (χ1) is 16.8. The van der Waals surface area contributed by atoms with Gasteiger partial charge in [-0.3, -0.25) is 4.57 Å². The molecule has 9 heteroatoms. The summed E-state index contributed by atoms with van der Waals surface area (Å²) in [7, 11) is -3.95. The van der Waals surface area contributed by atoms with Gasteiger partial charge in [-0.25, -0.2) is 22.9 Å². The number of hydrogen-bond donors (Lipinski definition) is 3. The molecule has 1 heterocycles. The molecule has 0 saturated heterocycles. The van der Waals surface area contributed by atoms with Gasteiger partial charge < -0.3 is 11.1 Å². The molecule has 0 aliphatic carbocycles. The van der Waals surface area contributed by atoms with Crippen LogP contribution in [-0.2, 0) is 29.4 Å². The standard InChI is InChI=1S/C26H29N5O3S/c1-3-24-29-23-6-4-5-18(2)25(23)31(24)21-11-7-19(8-12-21)15-16-28-26(32)30-35(33,34)22-13-9-20(17-27)10-14-22/h4-14H,3,15-17,27H2,1-2H3,(H2,28,30,32). The summed E-state index contributed by atoms with van der Waals surface area (Å²) in [6.07, 6.45) is 1.37. The number of carbonyl (C=O) groups is 1. The molecule has 0 saturated carbocycles. The Morgan fingerprint density at radius 2 is 1.69 bits per heavy atom. The third-order valence-electron chi connectivity index (χ3n) is 5.85. The average Bonchev–Trinajstić information content (AvgIpc) is 3.24. The smallest absolute Gasteiger partial charge is 0.328 e. The number of aromatic nitrogens is 2. The van der Waals surface area contributed by atoms with Crippen LogP contribution in [0.5, 0.6) is 0 Å². The maximum absolute atomic E-state index is 12.4. The number of para-hydroxylation sites is 1. The van der Waals surface area contributed by atoms with Crippen molar-refractivity contribution in [2.75, 3.05) is 6.54 Å². The van der Waals surface area contributed by atoms with Crippen LogP contribution in [0.3, 0.4) is 0 Å². The molecule has 4 N–H and O–H groups in total. The zero-order valence-corrected chi connectivity index (χ0v) is 20.6. The normalized spacial score (nSPS) is 11.5. The van der Waals surface area contributed by atoms with Crippen molar-refractivity contribution in [2.45, 2.75) is 38.1 Å². The Bertz CT molecular complexity index is 1440. The molecular weight excluding hydrogens is 462 g/mol. The second kappa shape index (κ2) is 10.3.